The van der Waals surface area contributed by atoms with Gasteiger partial charge in [-0.2, -0.15) is 12.6 Å². The first-order chi connectivity index (χ1) is 16.8. The van der Waals surface area contributed by atoms with Gasteiger partial charge in [0.15, 0.2) is 0 Å². The highest BCUT2D eigenvalue weighted by Gasteiger charge is 2.30. The van der Waals surface area contributed by atoms with E-state index >= 15 is 0 Å². The molecule has 0 saturated carbocycles. The van der Waals surface area contributed by atoms with E-state index in [1.807, 2.05) is 54.6 Å². The first kappa shape index (κ1) is 26.3. The van der Waals surface area contributed by atoms with E-state index in [1.165, 1.54) is 0 Å². The number of H-pyrrole nitrogens is 1. The van der Waals surface area contributed by atoms with Crippen LogP contribution in [0.1, 0.15) is 25.0 Å². The van der Waals surface area contributed by atoms with Crippen LogP contribution < -0.4 is 16.0 Å². The molecule has 0 saturated heterocycles. The molecule has 0 spiro atoms. The average molecular weight is 497 g/mol. The van der Waals surface area contributed by atoms with E-state index in [1.54, 1.807) is 20.0 Å². The Hall–Kier alpha value is -3.30. The zero-order valence-electron chi connectivity index (χ0n) is 19.8. The summed E-state index contributed by atoms with van der Waals surface area (Å²) in [4.78, 5) is 41.1. The summed E-state index contributed by atoms with van der Waals surface area (Å²) in [6.07, 6.45) is 1.87. The summed E-state index contributed by atoms with van der Waals surface area (Å²) in [6.45, 7) is 4.07. The molecule has 3 atom stereocenters. The second-order valence-electron chi connectivity index (χ2n) is 8.79. The molecule has 3 unspecified atom stereocenters. The van der Waals surface area contributed by atoms with Crippen molar-refractivity contribution in [3.05, 3.63) is 71.9 Å². The van der Waals surface area contributed by atoms with Crippen molar-refractivity contribution in [1.82, 2.24) is 20.9 Å². The fourth-order valence-corrected chi connectivity index (χ4v) is 4.14. The van der Waals surface area contributed by atoms with Crippen molar-refractivity contribution in [3.8, 4) is 0 Å². The summed E-state index contributed by atoms with van der Waals surface area (Å²) in [5.74, 6) is -2.06. The molecule has 3 rings (SSSR count). The van der Waals surface area contributed by atoms with Gasteiger partial charge in [-0.05, 0) is 23.1 Å². The highest BCUT2D eigenvalue weighted by Crippen LogP contribution is 2.19. The van der Waals surface area contributed by atoms with Crippen LogP contribution in [-0.2, 0) is 27.3 Å². The summed E-state index contributed by atoms with van der Waals surface area (Å²) in [5.41, 5.74) is 2.71. The molecule has 1 aromatic heterocycles. The summed E-state index contributed by atoms with van der Waals surface area (Å²) in [6, 6.07) is 14.6. The van der Waals surface area contributed by atoms with Crippen LogP contribution in [0.25, 0.3) is 10.9 Å². The van der Waals surface area contributed by atoms with E-state index in [0.29, 0.717) is 6.54 Å². The second kappa shape index (κ2) is 12.4. The molecule has 9 heteroatoms. The van der Waals surface area contributed by atoms with Gasteiger partial charge in [-0.25, -0.2) is 4.79 Å². The van der Waals surface area contributed by atoms with Gasteiger partial charge < -0.3 is 26.0 Å². The van der Waals surface area contributed by atoms with Crippen molar-refractivity contribution in [3.63, 3.8) is 0 Å². The maximum absolute atomic E-state index is 13.1. The highest BCUT2D eigenvalue weighted by atomic mass is 32.1. The molecule has 3 aromatic rings. The smallest absolute Gasteiger partial charge is 0.326 e. The van der Waals surface area contributed by atoms with E-state index in [4.69, 9.17) is 0 Å². The number of amides is 2. The molecule has 0 bridgehead atoms. The number of thiol groups is 1. The molecule has 1 heterocycles. The minimum atomic E-state index is -1.14. The number of aromatic nitrogens is 1. The topological polar surface area (TPSA) is 123 Å². The Bertz CT molecular complexity index is 1150. The molecule has 5 N–H and O–H groups in total. The van der Waals surface area contributed by atoms with Gasteiger partial charge in [0.25, 0.3) is 0 Å². The fourth-order valence-electron chi connectivity index (χ4n) is 3.85. The van der Waals surface area contributed by atoms with Gasteiger partial charge in [0.1, 0.15) is 12.1 Å². The maximum Gasteiger partial charge on any atom is 0.326 e. The number of carboxylic acid groups (broad SMARTS) is 1. The average Bonchev–Trinajstić information content (AvgIpc) is 3.25. The largest absolute Gasteiger partial charge is 0.480 e. The zero-order valence-corrected chi connectivity index (χ0v) is 20.7. The molecule has 2 amide bonds. The molecule has 0 radical (unpaired) electrons. The Labute approximate surface area is 210 Å². The number of benzene rings is 2. The van der Waals surface area contributed by atoms with Gasteiger partial charge in [0, 0.05) is 35.8 Å². The van der Waals surface area contributed by atoms with Crippen LogP contribution in [0.3, 0.4) is 0 Å². The Morgan fingerprint density at radius 1 is 0.943 bits per heavy atom. The van der Waals surface area contributed by atoms with Crippen LogP contribution in [-0.4, -0.2) is 51.8 Å². The predicted octanol–water partition coefficient (Wildman–Crippen LogP) is 2.51. The number of aromatic amines is 1. The van der Waals surface area contributed by atoms with Crippen molar-refractivity contribution in [2.24, 2.45) is 5.92 Å². The lowest BCUT2D eigenvalue weighted by molar-refractivity contribution is -0.142. The van der Waals surface area contributed by atoms with Gasteiger partial charge >= 0.3 is 5.97 Å². The van der Waals surface area contributed by atoms with Crippen molar-refractivity contribution < 1.29 is 19.5 Å². The Kier molecular flexibility index (Phi) is 9.33. The predicted molar refractivity (Wildman–Crippen MR) is 139 cm³/mol. The third kappa shape index (κ3) is 7.10. The lowest BCUT2D eigenvalue weighted by Crippen LogP contribution is -2.57. The summed E-state index contributed by atoms with van der Waals surface area (Å²) in [5, 5.41) is 19.2. The number of fused-ring (bicyclic) bond motifs is 1. The van der Waals surface area contributed by atoms with Gasteiger partial charge in [-0.1, -0.05) is 62.4 Å². The van der Waals surface area contributed by atoms with Crippen molar-refractivity contribution in [2.75, 3.05) is 5.75 Å². The van der Waals surface area contributed by atoms with Gasteiger partial charge in [-0.15, -0.1) is 0 Å². The lowest BCUT2D eigenvalue weighted by Gasteiger charge is -2.26. The van der Waals surface area contributed by atoms with Crippen LogP contribution in [0.4, 0.5) is 0 Å². The van der Waals surface area contributed by atoms with Crippen molar-refractivity contribution in [1.29, 1.82) is 0 Å². The van der Waals surface area contributed by atoms with Crippen LogP contribution >= 0.6 is 12.6 Å². The number of carbonyl (C=O) groups excluding carboxylic acids is 2. The standard InChI is InChI=1S/C26H32N4O4S/c1-16(2)23(30-24(31)22(15-35)27-13-17-8-4-3-5-9-17)25(32)29-21(26(33)34)12-18-14-28-20-11-7-6-10-19(18)20/h3-11,14,16,21-23,27-28,35H,12-13,15H2,1-2H3,(H,29,32)(H,30,31)(H,33,34). The number of aliphatic carboxylic acids is 1. The van der Waals surface area contributed by atoms with Crippen LogP contribution in [0.2, 0.25) is 0 Å². The Balaban J connectivity index is 1.65. The Morgan fingerprint density at radius 3 is 2.29 bits per heavy atom. The third-order valence-corrected chi connectivity index (χ3v) is 6.22. The number of hydrogen-bond donors (Lipinski definition) is 6. The molecule has 186 valence electrons. The molecule has 0 aliphatic rings. The highest BCUT2D eigenvalue weighted by molar-refractivity contribution is 7.80. The number of rotatable bonds is 12. The monoisotopic (exact) mass is 496 g/mol. The Morgan fingerprint density at radius 2 is 1.63 bits per heavy atom. The molecule has 8 nitrogen and oxygen atoms in total. The molecule has 35 heavy (non-hydrogen) atoms. The molecular formula is C26H32N4O4S. The summed E-state index contributed by atoms with van der Waals surface area (Å²) >= 11 is 4.28. The van der Waals surface area contributed by atoms with Crippen molar-refractivity contribution >= 4 is 41.3 Å². The minimum Gasteiger partial charge on any atom is -0.480 e. The second-order valence-corrected chi connectivity index (χ2v) is 9.16. The maximum atomic E-state index is 13.1. The van der Waals surface area contributed by atoms with E-state index in [-0.39, 0.29) is 24.0 Å². The molecule has 0 aliphatic heterocycles. The SMILES string of the molecule is CC(C)C(NC(=O)C(CS)NCc1ccccc1)C(=O)NC(Cc1c[nH]c2ccccc12)C(=O)O. The number of para-hydroxylation sites is 1. The van der Waals surface area contributed by atoms with Crippen molar-refractivity contribution in [2.45, 2.75) is 44.9 Å². The van der Waals surface area contributed by atoms with Crippen LogP contribution in [0, 0.1) is 5.92 Å². The van der Waals surface area contributed by atoms with E-state index in [0.717, 1.165) is 22.0 Å². The molecule has 0 fully saturated rings. The number of carboxylic acids is 1. The quantitative estimate of drug-likeness (QED) is 0.215. The molecule has 0 aliphatic carbocycles. The van der Waals surface area contributed by atoms with E-state index in [2.05, 4.69) is 33.6 Å². The zero-order chi connectivity index (χ0) is 25.4. The van der Waals surface area contributed by atoms with Gasteiger partial charge in [0.05, 0.1) is 6.04 Å². The summed E-state index contributed by atoms with van der Waals surface area (Å²) in [7, 11) is 0. The summed E-state index contributed by atoms with van der Waals surface area (Å²) < 4.78 is 0. The normalized spacial score (nSPS) is 13.8. The number of carbonyl (C=O) groups is 3. The van der Waals surface area contributed by atoms with Crippen LogP contribution in [0.5, 0.6) is 0 Å². The molecule has 2 aromatic carbocycles. The molecular weight excluding hydrogens is 464 g/mol. The van der Waals surface area contributed by atoms with Crippen LogP contribution in [0.15, 0.2) is 60.8 Å². The first-order valence-electron chi connectivity index (χ1n) is 11.6. The fraction of sp³-hybridized carbons (Fsp3) is 0.346. The third-order valence-electron chi connectivity index (χ3n) is 5.85. The van der Waals surface area contributed by atoms with E-state index in [9.17, 15) is 19.5 Å². The van der Waals surface area contributed by atoms with Gasteiger partial charge in [0.2, 0.25) is 11.8 Å². The number of hydrogen-bond acceptors (Lipinski definition) is 5. The van der Waals surface area contributed by atoms with E-state index < -0.39 is 30.0 Å². The first-order valence-corrected chi connectivity index (χ1v) is 12.2. The van der Waals surface area contributed by atoms with Gasteiger partial charge in [-0.3, -0.25) is 9.59 Å². The minimum absolute atomic E-state index is 0.113. The number of nitrogens with one attached hydrogen (secondary N) is 4. The lowest BCUT2D eigenvalue weighted by atomic mass is 10.0.